The molecule has 6 rings (SSSR count). The number of nitrogens with one attached hydrogen (secondary N) is 2. The minimum atomic E-state index is -1.26. The summed E-state index contributed by atoms with van der Waals surface area (Å²) >= 11 is 0. The molecular weight excluding hydrogens is 666 g/mol. The van der Waals surface area contributed by atoms with Crippen LogP contribution in [-0.2, 0) is 40.6 Å². The molecule has 3 aliphatic heterocycles. The summed E-state index contributed by atoms with van der Waals surface area (Å²) < 4.78 is 19.2. The summed E-state index contributed by atoms with van der Waals surface area (Å²) in [6.07, 6.45) is -0.0260. The van der Waals surface area contributed by atoms with E-state index in [2.05, 4.69) is 10.6 Å². The van der Waals surface area contributed by atoms with E-state index in [1.807, 2.05) is 61.0 Å². The molecule has 2 N–H and O–H groups in total. The van der Waals surface area contributed by atoms with Crippen LogP contribution in [0.5, 0.6) is 0 Å². The molecule has 0 bridgehead atoms. The predicted molar refractivity (Wildman–Crippen MR) is 193 cm³/mol. The summed E-state index contributed by atoms with van der Waals surface area (Å²) in [6, 6.07) is 12.4. The van der Waals surface area contributed by atoms with Crippen molar-refractivity contribution in [3.05, 3.63) is 65.9 Å². The fraction of sp³-hybridized carbons (Fsp3) is 0.513. The summed E-state index contributed by atoms with van der Waals surface area (Å²) in [5.41, 5.74) is -0.408. The van der Waals surface area contributed by atoms with E-state index in [9.17, 15) is 24.0 Å². The van der Waals surface area contributed by atoms with Crippen LogP contribution in [0.15, 0.2) is 54.7 Å². The van der Waals surface area contributed by atoms with E-state index in [1.165, 1.54) is 16.9 Å². The van der Waals surface area contributed by atoms with Gasteiger partial charge in [0.25, 0.3) is 0 Å². The number of ether oxygens (including phenoxy) is 3. The van der Waals surface area contributed by atoms with E-state index < -0.39 is 59.2 Å². The number of hydrogen-bond acceptors (Lipinski definition) is 8. The second-order valence-electron chi connectivity index (χ2n) is 16.3. The van der Waals surface area contributed by atoms with Crippen LogP contribution in [-0.4, -0.2) is 82.0 Å². The maximum absolute atomic E-state index is 14.3. The number of aromatic nitrogens is 1. The van der Waals surface area contributed by atoms with E-state index in [-0.39, 0.29) is 30.6 Å². The largest absolute Gasteiger partial charge is 0.467 e. The highest BCUT2D eigenvalue weighted by molar-refractivity contribution is 5.98. The van der Waals surface area contributed by atoms with Crippen LogP contribution >= 0.6 is 0 Å². The van der Waals surface area contributed by atoms with Crippen LogP contribution in [0.2, 0.25) is 0 Å². The fourth-order valence-corrected chi connectivity index (χ4v) is 7.82. The zero-order chi connectivity index (χ0) is 37.9. The Balaban J connectivity index is 1.56. The van der Waals surface area contributed by atoms with E-state index in [1.54, 1.807) is 53.7 Å². The molecule has 278 valence electrons. The lowest BCUT2D eigenvalue weighted by Gasteiger charge is -2.39. The average Bonchev–Trinajstić information content (AvgIpc) is 3.67. The van der Waals surface area contributed by atoms with Gasteiger partial charge in [0.05, 0.1) is 12.8 Å². The van der Waals surface area contributed by atoms with Crippen molar-refractivity contribution < 1.29 is 38.2 Å². The Hall–Kier alpha value is -5.07. The molecule has 13 heteroatoms. The number of methoxy groups -OCH3 is 1. The van der Waals surface area contributed by atoms with Crippen molar-refractivity contribution >= 4 is 46.6 Å². The van der Waals surface area contributed by atoms with E-state index in [0.717, 1.165) is 16.5 Å². The molecule has 4 amide bonds. The van der Waals surface area contributed by atoms with Gasteiger partial charge in [-0.1, -0.05) is 50.2 Å². The lowest BCUT2D eigenvalue weighted by Crippen LogP contribution is -2.62. The van der Waals surface area contributed by atoms with Crippen LogP contribution < -0.4 is 15.5 Å². The van der Waals surface area contributed by atoms with E-state index in [0.29, 0.717) is 17.7 Å². The highest BCUT2D eigenvalue weighted by Crippen LogP contribution is 2.57. The van der Waals surface area contributed by atoms with Crippen molar-refractivity contribution in [1.29, 1.82) is 0 Å². The van der Waals surface area contributed by atoms with Crippen molar-refractivity contribution in [2.24, 2.45) is 5.92 Å². The summed E-state index contributed by atoms with van der Waals surface area (Å²) in [5.74, 6) is -0.963. The first-order valence-corrected chi connectivity index (χ1v) is 17.8. The highest BCUT2D eigenvalue weighted by atomic mass is 16.6. The molecular formula is C39H49N5O8. The number of piperazine rings is 1. The summed E-state index contributed by atoms with van der Waals surface area (Å²) in [4.78, 5) is 71.6. The van der Waals surface area contributed by atoms with Crippen molar-refractivity contribution in [1.82, 2.24) is 20.1 Å². The molecule has 0 saturated carbocycles. The van der Waals surface area contributed by atoms with Gasteiger partial charge in [-0.05, 0) is 71.6 Å². The maximum Gasteiger partial charge on any atom is 0.416 e. The second-order valence-corrected chi connectivity index (χ2v) is 16.3. The quantitative estimate of drug-likeness (QED) is 0.261. The van der Waals surface area contributed by atoms with Crippen LogP contribution in [0.4, 0.5) is 15.3 Å². The zero-order valence-electron chi connectivity index (χ0n) is 31.3. The van der Waals surface area contributed by atoms with Gasteiger partial charge >= 0.3 is 18.2 Å². The molecule has 2 aromatic carbocycles. The number of para-hydroxylation sites is 2. The van der Waals surface area contributed by atoms with Gasteiger partial charge in [-0.25, -0.2) is 14.4 Å². The number of anilines is 1. The van der Waals surface area contributed by atoms with Gasteiger partial charge in [0.1, 0.15) is 41.0 Å². The zero-order valence-corrected chi connectivity index (χ0v) is 31.3. The van der Waals surface area contributed by atoms with Crippen LogP contribution in [0.25, 0.3) is 10.9 Å². The van der Waals surface area contributed by atoms with Gasteiger partial charge in [-0.3, -0.25) is 19.4 Å². The number of esters is 1. The molecule has 0 unspecified atom stereocenters. The monoisotopic (exact) mass is 715 g/mol. The first-order valence-electron chi connectivity index (χ1n) is 17.8. The lowest BCUT2D eigenvalue weighted by atomic mass is 9.86. The van der Waals surface area contributed by atoms with Crippen LogP contribution in [0, 0.1) is 5.92 Å². The average molecular weight is 716 g/mol. The van der Waals surface area contributed by atoms with E-state index >= 15 is 0 Å². The summed E-state index contributed by atoms with van der Waals surface area (Å²) in [7, 11) is 1.26. The molecule has 4 heterocycles. The smallest absolute Gasteiger partial charge is 0.416 e. The Labute approximate surface area is 303 Å². The molecule has 13 nitrogen and oxygen atoms in total. The number of nitrogens with zero attached hydrogens (tertiary/aromatic N) is 3. The summed E-state index contributed by atoms with van der Waals surface area (Å²) in [5, 5.41) is 6.64. The molecule has 0 radical (unpaired) electrons. The number of carbonyl (C=O) groups is 5. The van der Waals surface area contributed by atoms with Gasteiger partial charge in [-0.15, -0.1) is 0 Å². The third kappa shape index (κ3) is 6.45. The molecule has 0 aliphatic carbocycles. The third-order valence-corrected chi connectivity index (χ3v) is 9.69. The molecule has 5 atom stereocenters. The van der Waals surface area contributed by atoms with Gasteiger partial charge < -0.3 is 29.4 Å². The summed E-state index contributed by atoms with van der Waals surface area (Å²) in [6.45, 7) is 14.5. The number of likely N-dealkylation sites (tertiary alicyclic amines) is 1. The Bertz CT molecular complexity index is 1920. The number of benzene rings is 2. The molecule has 2 saturated heterocycles. The van der Waals surface area contributed by atoms with Gasteiger partial charge in [0.2, 0.25) is 11.8 Å². The van der Waals surface area contributed by atoms with Gasteiger partial charge in [0.15, 0.2) is 0 Å². The predicted octanol–water partition coefficient (Wildman–Crippen LogP) is 5.22. The standard InChI is InChI=1S/C39H49N5O8/c1-22(2)18-26-31(45)41-27(32(46)40-26)19-23-21-42(28-16-12-10-14-24(23)28)39-20-30(33(47)50-9)44(36(49)52-38(6,7)8)34(39)43(35(48)51-37(3,4)5)29-17-13-11-15-25(29)39/h10-17,21-22,26-27,30,34H,18-20H2,1-9H3,(H,40,46)(H,41,45)/t26-,27+,30+,34-,39+/m1/s1. The Morgan fingerprint density at radius 2 is 1.46 bits per heavy atom. The Kier molecular flexibility index (Phi) is 9.29. The number of carbonyl (C=O) groups excluding carboxylic acids is 5. The number of hydrogen-bond donors (Lipinski definition) is 2. The highest BCUT2D eigenvalue weighted by Gasteiger charge is 2.67. The van der Waals surface area contributed by atoms with Crippen molar-refractivity contribution in [3.8, 4) is 0 Å². The molecule has 52 heavy (non-hydrogen) atoms. The number of fused-ring (bicyclic) bond motifs is 4. The number of amides is 4. The lowest BCUT2D eigenvalue weighted by molar-refractivity contribution is -0.146. The second kappa shape index (κ2) is 13.2. The first kappa shape index (κ1) is 36.7. The van der Waals surface area contributed by atoms with Crippen molar-refractivity contribution in [3.63, 3.8) is 0 Å². The van der Waals surface area contributed by atoms with Crippen LogP contribution in [0.3, 0.4) is 0 Å². The molecule has 0 spiro atoms. The number of rotatable bonds is 6. The SMILES string of the molecule is COC(=O)[C@@H]1C[C@]2(n3cc(C[C@@H]4NC(=O)[C@@H](CC(C)C)NC4=O)c4ccccc43)c3ccccc3N(C(=O)OC(C)(C)C)[C@@H]2N1C(=O)OC(C)(C)C. The molecule has 3 aromatic rings. The van der Waals surface area contributed by atoms with Crippen LogP contribution in [0.1, 0.15) is 79.4 Å². The fourth-order valence-electron chi connectivity index (χ4n) is 7.82. The normalized spacial score (nSPS) is 24.3. The molecule has 1 aromatic heterocycles. The Morgan fingerprint density at radius 1 is 0.865 bits per heavy atom. The van der Waals surface area contributed by atoms with E-state index in [4.69, 9.17) is 14.2 Å². The van der Waals surface area contributed by atoms with Gasteiger partial charge in [-0.2, -0.15) is 0 Å². The first-order chi connectivity index (χ1) is 24.4. The van der Waals surface area contributed by atoms with Crippen molar-refractivity contribution in [2.45, 2.75) is 116 Å². The minimum Gasteiger partial charge on any atom is -0.467 e. The molecule has 2 fully saturated rings. The van der Waals surface area contributed by atoms with Crippen molar-refractivity contribution in [2.75, 3.05) is 12.0 Å². The third-order valence-electron chi connectivity index (χ3n) is 9.69. The maximum atomic E-state index is 14.3. The Morgan fingerprint density at radius 3 is 2.12 bits per heavy atom. The minimum absolute atomic E-state index is 0.0234. The molecule has 3 aliphatic rings. The van der Waals surface area contributed by atoms with Gasteiger partial charge in [0, 0.05) is 35.5 Å². The topological polar surface area (TPSA) is 149 Å².